The maximum Gasteiger partial charge on any atom is 0.0421 e. The zero-order chi connectivity index (χ0) is 51.1. The van der Waals surface area contributed by atoms with Gasteiger partial charge >= 0.3 is 0 Å². The normalized spacial score (nSPS) is 20.9. The third-order valence-electron chi connectivity index (χ3n) is 15.0. The van der Waals surface area contributed by atoms with Crippen LogP contribution in [0.5, 0.6) is 0 Å². The van der Waals surface area contributed by atoms with Crippen molar-refractivity contribution in [3.8, 4) is 0 Å². The Labute approximate surface area is 457 Å². The molecule has 6 atom stereocenters. The van der Waals surface area contributed by atoms with Crippen molar-refractivity contribution < 1.29 is 0 Å². The van der Waals surface area contributed by atoms with Gasteiger partial charge in [-0.3, -0.25) is 0 Å². The highest BCUT2D eigenvalue weighted by molar-refractivity contribution is 7.85. The molecule has 3 aliphatic rings. The van der Waals surface area contributed by atoms with Gasteiger partial charge in [-0.15, -0.1) is 0 Å². The standard InChI is InChI=1S/C38H38N2P2.C30H32N2P2/c1-3-17-31(18-4-1)41-35-23-11-7-15-29(35)27-39-33-21-9-10-22-34(33)40-28-30-16-8-12-24-36(30)42(32-19-5-2-6-20-32)38-26-14-13-25-37(38)41;1-3-13-25(14-4-1)33-23-12-24-34(26-15-5-2-6-16-26)30-20-10-8-18-28(30)32-22-11-21-31-27-17-7-9-19-29(27)33/h1-8,11-20,23-26,33-34,39-40H,9-10,21-22,27-28H2;1-10,13-20,31-32H,11-12,21-24H2/t33-,34-,41+,42+;/m1./s1. The topological polar surface area (TPSA) is 48.1 Å². The second kappa shape index (κ2) is 26.5. The zero-order valence-electron chi connectivity index (χ0n) is 43.5. The Morgan fingerprint density at radius 3 is 1.03 bits per heavy atom. The predicted molar refractivity (Wildman–Crippen MR) is 338 cm³/mol. The van der Waals surface area contributed by atoms with Gasteiger partial charge in [-0.25, -0.2) is 0 Å². The Balaban J connectivity index is 0.000000166. The van der Waals surface area contributed by atoms with Crippen molar-refractivity contribution in [2.24, 2.45) is 0 Å². The lowest BCUT2D eigenvalue weighted by molar-refractivity contribution is 0.281. The molecular weight excluding hydrogens is 997 g/mol. The SMILES string of the molecule is c1ccc(P2CCCP(c3ccccc3)c3ccccc3NCCCNc3ccccc32)cc1.c1ccc([P@@]2c3ccccc3CN[C@@H]3CCCC[C@H]3NCc3ccccc3[P@](c3ccccc3)c3ccccc32)cc1. The van der Waals surface area contributed by atoms with Crippen LogP contribution in [0, 0.1) is 0 Å². The van der Waals surface area contributed by atoms with Crippen LogP contribution in [0.1, 0.15) is 49.7 Å². The van der Waals surface area contributed by atoms with Crippen molar-refractivity contribution in [3.63, 3.8) is 0 Å². The summed E-state index contributed by atoms with van der Waals surface area (Å²) in [6.07, 6.45) is 9.77. The van der Waals surface area contributed by atoms with Crippen molar-refractivity contribution in [2.45, 2.75) is 63.7 Å². The van der Waals surface area contributed by atoms with E-state index in [0.29, 0.717) is 12.1 Å². The molecule has 0 amide bonds. The first-order chi connectivity index (χ1) is 37.8. The number of fused-ring (bicyclic) bond motifs is 6. The smallest absolute Gasteiger partial charge is 0.0421 e. The minimum atomic E-state index is -0.772. The first-order valence-corrected chi connectivity index (χ1v) is 33.2. The highest BCUT2D eigenvalue weighted by Gasteiger charge is 2.31. The first-order valence-electron chi connectivity index (χ1n) is 27.5. The summed E-state index contributed by atoms with van der Waals surface area (Å²) in [5, 5.41) is 30.2. The van der Waals surface area contributed by atoms with Crippen LogP contribution in [0.3, 0.4) is 0 Å². The Morgan fingerprint density at radius 1 is 0.289 bits per heavy atom. The van der Waals surface area contributed by atoms with Crippen LogP contribution < -0.4 is 74.3 Å². The molecule has 9 aromatic rings. The number of nitrogens with one attached hydrogen (secondary N) is 4. The van der Waals surface area contributed by atoms with Crippen LogP contribution in [-0.2, 0) is 13.1 Å². The van der Waals surface area contributed by atoms with Gasteiger partial charge in [0.25, 0.3) is 0 Å². The fourth-order valence-electron chi connectivity index (χ4n) is 11.3. The van der Waals surface area contributed by atoms with Gasteiger partial charge in [-0.1, -0.05) is 243 Å². The molecule has 2 aliphatic heterocycles. The largest absolute Gasteiger partial charge is 0.384 e. The third kappa shape index (κ3) is 12.6. The summed E-state index contributed by atoms with van der Waals surface area (Å²) in [4.78, 5) is 0. The van der Waals surface area contributed by atoms with Gasteiger partial charge in [0.05, 0.1) is 0 Å². The molecule has 0 aromatic heterocycles. The number of para-hydroxylation sites is 2. The maximum atomic E-state index is 4.04. The molecule has 9 aromatic carbocycles. The lowest BCUT2D eigenvalue weighted by Gasteiger charge is -2.35. The molecule has 0 saturated heterocycles. The number of anilines is 2. The van der Waals surface area contributed by atoms with E-state index < -0.39 is 31.7 Å². The Morgan fingerprint density at radius 2 is 0.618 bits per heavy atom. The van der Waals surface area contributed by atoms with Gasteiger partial charge in [0, 0.05) is 60.2 Å². The van der Waals surface area contributed by atoms with Gasteiger partial charge in [0.1, 0.15) is 0 Å². The highest BCUT2D eigenvalue weighted by atomic mass is 31.1. The van der Waals surface area contributed by atoms with E-state index in [9.17, 15) is 0 Å². The van der Waals surface area contributed by atoms with E-state index >= 15 is 0 Å². The van der Waals surface area contributed by atoms with E-state index in [4.69, 9.17) is 0 Å². The summed E-state index contributed by atoms with van der Waals surface area (Å²) in [6.45, 7) is 3.74. The minimum absolute atomic E-state index is 0.414. The summed E-state index contributed by atoms with van der Waals surface area (Å²) in [7, 11) is -2.37. The van der Waals surface area contributed by atoms with Gasteiger partial charge in [-0.05, 0) is 135 Å². The Kier molecular flexibility index (Phi) is 18.2. The van der Waals surface area contributed by atoms with Gasteiger partial charge in [0.15, 0.2) is 0 Å². The molecule has 12 rings (SSSR count). The second-order valence-corrected chi connectivity index (χ2v) is 28.8. The van der Waals surface area contributed by atoms with Crippen LogP contribution in [-0.4, -0.2) is 37.5 Å². The second-order valence-electron chi connectivity index (χ2n) is 19.9. The third-order valence-corrected chi connectivity index (χ3v) is 25.7. The minimum Gasteiger partial charge on any atom is -0.384 e. The molecule has 1 saturated carbocycles. The summed E-state index contributed by atoms with van der Waals surface area (Å²) in [6, 6.07) is 91.5. The number of rotatable bonds is 4. The van der Waals surface area contributed by atoms with E-state index in [-0.39, 0.29) is 0 Å². The zero-order valence-corrected chi connectivity index (χ0v) is 47.1. The van der Waals surface area contributed by atoms with Crippen LogP contribution in [0.4, 0.5) is 11.4 Å². The van der Waals surface area contributed by atoms with Gasteiger partial charge in [-0.2, -0.15) is 0 Å². The van der Waals surface area contributed by atoms with Crippen molar-refractivity contribution in [1.29, 1.82) is 0 Å². The molecule has 1 aliphatic carbocycles. The molecule has 0 radical (unpaired) electrons. The van der Waals surface area contributed by atoms with Gasteiger partial charge < -0.3 is 21.3 Å². The average Bonchev–Trinajstić information content (AvgIpc) is 3.52. The van der Waals surface area contributed by atoms with E-state index in [2.05, 4.69) is 264 Å². The van der Waals surface area contributed by atoms with Gasteiger partial charge in [0.2, 0.25) is 0 Å². The molecule has 2 heterocycles. The average molecular weight is 1070 g/mol. The predicted octanol–water partition coefficient (Wildman–Crippen LogP) is 11.6. The summed E-state index contributed by atoms with van der Waals surface area (Å²) < 4.78 is 0. The molecular formula is C68H70N4P4. The first kappa shape index (κ1) is 52.3. The quantitative estimate of drug-likeness (QED) is 0.133. The van der Waals surface area contributed by atoms with Crippen LogP contribution in [0.25, 0.3) is 0 Å². The van der Waals surface area contributed by atoms with E-state index in [1.54, 1.807) is 0 Å². The van der Waals surface area contributed by atoms with Crippen LogP contribution in [0.2, 0.25) is 0 Å². The molecule has 76 heavy (non-hydrogen) atoms. The summed E-state index contributed by atoms with van der Waals surface area (Å²) >= 11 is 0. The fraction of sp³-hybridized carbons (Fsp3) is 0.206. The fourth-order valence-corrected chi connectivity index (χ4v) is 22.1. The number of hydrogen-bond acceptors (Lipinski definition) is 4. The molecule has 382 valence electrons. The molecule has 8 heteroatoms. The molecule has 1 fully saturated rings. The Hall–Kier alpha value is -5.78. The van der Waals surface area contributed by atoms with Crippen molar-refractivity contribution >= 4 is 96.1 Å². The van der Waals surface area contributed by atoms with Crippen LogP contribution >= 0.6 is 31.7 Å². The summed E-state index contributed by atoms with van der Waals surface area (Å²) in [5.74, 6) is 0. The maximum absolute atomic E-state index is 4.04. The van der Waals surface area contributed by atoms with Crippen LogP contribution in [0.15, 0.2) is 243 Å². The molecule has 2 unspecified atom stereocenters. The monoisotopic (exact) mass is 1070 g/mol. The number of benzene rings is 9. The lowest BCUT2D eigenvalue weighted by atomic mass is 9.90. The van der Waals surface area contributed by atoms with E-state index in [1.165, 1.54) is 120 Å². The molecule has 4 nitrogen and oxygen atoms in total. The van der Waals surface area contributed by atoms with Crippen molar-refractivity contribution in [3.05, 3.63) is 254 Å². The number of hydrogen-bond donors (Lipinski definition) is 4. The Bertz CT molecular complexity index is 3020. The van der Waals surface area contributed by atoms with Crippen molar-refractivity contribution in [2.75, 3.05) is 36.0 Å². The lowest BCUT2D eigenvalue weighted by Crippen LogP contribution is -2.50. The molecule has 4 N–H and O–H groups in total. The summed E-state index contributed by atoms with van der Waals surface area (Å²) in [5.41, 5.74) is 5.46. The molecule has 0 spiro atoms. The van der Waals surface area contributed by atoms with E-state index in [1.807, 2.05) is 0 Å². The highest BCUT2D eigenvalue weighted by Crippen LogP contribution is 2.43. The van der Waals surface area contributed by atoms with E-state index in [0.717, 1.165) is 32.6 Å². The molecule has 0 bridgehead atoms. The van der Waals surface area contributed by atoms with Crippen molar-refractivity contribution in [1.82, 2.24) is 10.6 Å².